The van der Waals surface area contributed by atoms with Crippen molar-refractivity contribution < 1.29 is 9.53 Å². The van der Waals surface area contributed by atoms with E-state index in [1.165, 1.54) is 11.9 Å². The Morgan fingerprint density at radius 1 is 1.47 bits per heavy atom. The van der Waals surface area contributed by atoms with Gasteiger partial charge in [0.05, 0.1) is 5.56 Å². The third-order valence-corrected chi connectivity index (χ3v) is 3.94. The highest BCUT2D eigenvalue weighted by Gasteiger charge is 2.50. The molecule has 1 heterocycles. The second kappa shape index (κ2) is 4.77. The first-order chi connectivity index (χ1) is 8.08. The number of benzene rings is 1. The molecule has 1 aromatic carbocycles. The zero-order valence-corrected chi connectivity index (χ0v) is 11.2. The molecule has 0 bridgehead atoms. The van der Waals surface area contributed by atoms with E-state index in [4.69, 9.17) is 4.74 Å². The molecule has 1 aromatic rings. The summed E-state index contributed by atoms with van der Waals surface area (Å²) in [5.74, 6) is 0.291. The number of rotatable bonds is 4. The average Bonchev–Trinajstić information content (AvgIpc) is 2.96. The summed E-state index contributed by atoms with van der Waals surface area (Å²) in [7, 11) is 0. The van der Waals surface area contributed by atoms with Gasteiger partial charge < -0.3 is 4.74 Å². The van der Waals surface area contributed by atoms with Crippen molar-refractivity contribution in [1.82, 2.24) is 0 Å². The molecule has 0 aliphatic carbocycles. The number of hydrogen-bond acceptors (Lipinski definition) is 3. The molecule has 0 aromatic heterocycles. The molecule has 0 N–H and O–H groups in total. The fraction of sp³-hybridized carbons (Fsp3) is 0.462. The SMILES string of the molecule is CB1CC1(C)c1ccc(C(=O)OCCS)cc1. The van der Waals surface area contributed by atoms with E-state index in [1.54, 1.807) is 0 Å². The van der Waals surface area contributed by atoms with Crippen molar-refractivity contribution in [2.45, 2.75) is 25.4 Å². The van der Waals surface area contributed by atoms with Crippen LogP contribution in [-0.2, 0) is 10.1 Å². The van der Waals surface area contributed by atoms with Crippen LogP contribution >= 0.6 is 12.6 Å². The van der Waals surface area contributed by atoms with Crippen LogP contribution in [0.15, 0.2) is 24.3 Å². The maximum absolute atomic E-state index is 11.6. The van der Waals surface area contributed by atoms with Crippen LogP contribution < -0.4 is 0 Å². The molecule has 1 aliphatic heterocycles. The molecule has 0 radical (unpaired) electrons. The van der Waals surface area contributed by atoms with Crippen LogP contribution in [0.1, 0.15) is 22.8 Å². The largest absolute Gasteiger partial charge is 0.461 e. The number of thiol groups is 1. The van der Waals surface area contributed by atoms with Gasteiger partial charge in [-0.2, -0.15) is 12.6 Å². The molecule has 1 aliphatic rings. The van der Waals surface area contributed by atoms with E-state index in [0.717, 1.165) is 6.71 Å². The number of hydrogen-bond donors (Lipinski definition) is 1. The van der Waals surface area contributed by atoms with Crippen LogP contribution in [0.5, 0.6) is 0 Å². The molecule has 2 rings (SSSR count). The van der Waals surface area contributed by atoms with E-state index in [9.17, 15) is 4.79 Å². The van der Waals surface area contributed by atoms with Gasteiger partial charge in [-0.1, -0.05) is 32.2 Å². The van der Waals surface area contributed by atoms with Crippen LogP contribution in [0.2, 0.25) is 13.1 Å². The van der Waals surface area contributed by atoms with Crippen LogP contribution in [0.3, 0.4) is 0 Å². The molecule has 1 saturated heterocycles. The topological polar surface area (TPSA) is 26.3 Å². The first-order valence-electron chi connectivity index (χ1n) is 5.96. The lowest BCUT2D eigenvalue weighted by molar-refractivity contribution is 0.0530. The van der Waals surface area contributed by atoms with Gasteiger partial charge in [-0.25, -0.2) is 4.79 Å². The minimum atomic E-state index is -0.264. The quantitative estimate of drug-likeness (QED) is 0.503. The summed E-state index contributed by atoms with van der Waals surface area (Å²) in [4.78, 5) is 11.6. The van der Waals surface area contributed by atoms with Crippen molar-refractivity contribution in [2.75, 3.05) is 12.4 Å². The maximum Gasteiger partial charge on any atom is 0.338 e. The van der Waals surface area contributed by atoms with Crippen molar-refractivity contribution in [3.05, 3.63) is 35.4 Å². The number of carbonyl (C=O) groups is 1. The Morgan fingerprint density at radius 2 is 2.06 bits per heavy atom. The average molecular weight is 248 g/mol. The van der Waals surface area contributed by atoms with Crippen molar-refractivity contribution in [1.29, 1.82) is 0 Å². The lowest BCUT2D eigenvalue weighted by Crippen LogP contribution is -2.10. The van der Waals surface area contributed by atoms with Crippen molar-refractivity contribution in [3.63, 3.8) is 0 Å². The lowest BCUT2D eigenvalue weighted by Gasteiger charge is -2.11. The molecule has 1 fully saturated rings. The van der Waals surface area contributed by atoms with Gasteiger partial charge in [-0.15, -0.1) is 0 Å². The summed E-state index contributed by atoms with van der Waals surface area (Å²) in [6.07, 6.45) is 1.23. The zero-order chi connectivity index (χ0) is 12.5. The molecular formula is C13H17BO2S. The minimum absolute atomic E-state index is 0.264. The smallest absolute Gasteiger partial charge is 0.338 e. The molecule has 17 heavy (non-hydrogen) atoms. The van der Waals surface area contributed by atoms with Crippen LogP contribution in [0.4, 0.5) is 0 Å². The summed E-state index contributed by atoms with van der Waals surface area (Å²) in [6.45, 7) is 5.63. The Bertz CT molecular complexity index is 418. The van der Waals surface area contributed by atoms with E-state index < -0.39 is 0 Å². The molecule has 4 heteroatoms. The van der Waals surface area contributed by atoms with E-state index in [-0.39, 0.29) is 5.97 Å². The minimum Gasteiger partial charge on any atom is -0.461 e. The van der Waals surface area contributed by atoms with Crippen LogP contribution in [-0.4, -0.2) is 25.0 Å². The van der Waals surface area contributed by atoms with Gasteiger partial charge in [-0.3, -0.25) is 0 Å². The maximum atomic E-state index is 11.6. The molecule has 0 saturated carbocycles. The highest BCUT2D eigenvalue weighted by atomic mass is 32.1. The molecule has 90 valence electrons. The highest BCUT2D eigenvalue weighted by Crippen LogP contribution is 2.47. The Labute approximate surface area is 108 Å². The second-order valence-electron chi connectivity index (χ2n) is 4.96. The summed E-state index contributed by atoms with van der Waals surface area (Å²) in [5.41, 5.74) is 1.93. The van der Waals surface area contributed by atoms with Gasteiger partial charge in [0, 0.05) is 5.75 Å². The van der Waals surface area contributed by atoms with E-state index >= 15 is 0 Å². The molecule has 2 nitrogen and oxygen atoms in total. The number of esters is 1. The van der Waals surface area contributed by atoms with Gasteiger partial charge in [-0.05, 0) is 23.0 Å². The predicted molar refractivity (Wildman–Crippen MR) is 74.4 cm³/mol. The van der Waals surface area contributed by atoms with Crippen LogP contribution in [0, 0.1) is 0 Å². The van der Waals surface area contributed by atoms with E-state index in [0.29, 0.717) is 23.2 Å². The number of ether oxygens (including phenoxy) is 1. The normalized spacial score (nSPS) is 22.4. The van der Waals surface area contributed by atoms with Gasteiger partial charge in [0.2, 0.25) is 0 Å². The third-order valence-electron chi connectivity index (χ3n) is 3.76. The monoisotopic (exact) mass is 248 g/mol. The molecule has 1 atom stereocenters. The number of carbonyl (C=O) groups excluding carboxylic acids is 1. The third kappa shape index (κ3) is 2.52. The molecule has 1 unspecified atom stereocenters. The first kappa shape index (κ1) is 12.6. The van der Waals surface area contributed by atoms with Crippen molar-refractivity contribution in [2.24, 2.45) is 0 Å². The Morgan fingerprint density at radius 3 is 2.53 bits per heavy atom. The molecular weight excluding hydrogens is 231 g/mol. The van der Waals surface area contributed by atoms with Gasteiger partial charge in [0.1, 0.15) is 13.3 Å². The Hall–Kier alpha value is -0.895. The molecule has 0 amide bonds. The zero-order valence-electron chi connectivity index (χ0n) is 10.3. The summed E-state index contributed by atoms with van der Waals surface area (Å²) >= 11 is 4.00. The van der Waals surface area contributed by atoms with Crippen LogP contribution in [0.25, 0.3) is 0 Å². The van der Waals surface area contributed by atoms with Crippen molar-refractivity contribution in [3.8, 4) is 0 Å². The van der Waals surface area contributed by atoms with Gasteiger partial charge in [0.15, 0.2) is 0 Å². The van der Waals surface area contributed by atoms with Gasteiger partial charge in [0.25, 0.3) is 0 Å². The lowest BCUT2D eigenvalue weighted by atomic mass is 9.63. The summed E-state index contributed by atoms with van der Waals surface area (Å²) < 4.78 is 5.02. The molecule has 0 spiro atoms. The highest BCUT2D eigenvalue weighted by molar-refractivity contribution is 7.80. The first-order valence-corrected chi connectivity index (χ1v) is 6.59. The second-order valence-corrected chi connectivity index (χ2v) is 5.41. The fourth-order valence-corrected chi connectivity index (χ4v) is 2.28. The standard InChI is InChI=1S/C13H17BO2S/c1-13(9-14(13)2)11-5-3-10(4-6-11)12(15)16-7-8-17/h3-6,17H,7-9H2,1-2H3. The Kier molecular flexibility index (Phi) is 3.52. The summed E-state index contributed by atoms with van der Waals surface area (Å²) in [5, 5.41) is 0.313. The van der Waals surface area contributed by atoms with Crippen molar-refractivity contribution >= 4 is 25.3 Å². The van der Waals surface area contributed by atoms with E-state index in [2.05, 4.69) is 26.4 Å². The van der Waals surface area contributed by atoms with Gasteiger partial charge >= 0.3 is 5.97 Å². The Balaban J connectivity index is 2.06. The predicted octanol–water partition coefficient (Wildman–Crippen LogP) is 2.71. The fourth-order valence-electron chi connectivity index (χ4n) is 2.19. The van der Waals surface area contributed by atoms with E-state index in [1.807, 2.05) is 24.3 Å². The summed E-state index contributed by atoms with van der Waals surface area (Å²) in [6, 6.07) is 7.79.